The third-order valence-electron chi connectivity index (χ3n) is 4.99. The Labute approximate surface area is 132 Å². The van der Waals surface area contributed by atoms with Gasteiger partial charge in [-0.2, -0.15) is 5.26 Å². The lowest BCUT2D eigenvalue weighted by Gasteiger charge is -2.23. The highest BCUT2D eigenvalue weighted by molar-refractivity contribution is 5.83. The summed E-state index contributed by atoms with van der Waals surface area (Å²) in [5, 5.41) is 12.5. The minimum Gasteiger partial charge on any atom is -0.325 e. The normalized spacial score (nSPS) is 27.9. The van der Waals surface area contributed by atoms with E-state index in [9.17, 15) is 4.79 Å². The van der Waals surface area contributed by atoms with E-state index < -0.39 is 0 Å². The van der Waals surface area contributed by atoms with Gasteiger partial charge in [0.15, 0.2) is 0 Å². The highest BCUT2D eigenvalue weighted by Crippen LogP contribution is 2.30. The van der Waals surface area contributed by atoms with Gasteiger partial charge in [0.25, 0.3) is 0 Å². The Morgan fingerprint density at radius 2 is 2.23 bits per heavy atom. The van der Waals surface area contributed by atoms with E-state index in [2.05, 4.69) is 43.4 Å². The third kappa shape index (κ3) is 2.74. The van der Waals surface area contributed by atoms with Crippen molar-refractivity contribution in [1.82, 2.24) is 10.2 Å². The summed E-state index contributed by atoms with van der Waals surface area (Å²) in [4.78, 5) is 14.4. The number of amides is 1. The number of nitrogens with zero attached hydrogens (tertiary/aromatic N) is 2. The molecule has 0 spiro atoms. The first-order chi connectivity index (χ1) is 10.6. The van der Waals surface area contributed by atoms with Crippen molar-refractivity contribution >= 4 is 5.91 Å². The zero-order valence-electron chi connectivity index (χ0n) is 13.3. The minimum atomic E-state index is -0.228. The number of benzene rings is 1. The average molecular weight is 297 g/mol. The number of carbonyl (C=O) groups excluding carboxylic acids is 1. The van der Waals surface area contributed by atoms with Crippen LogP contribution in [0.2, 0.25) is 0 Å². The molecule has 4 nitrogen and oxygen atoms in total. The maximum absolute atomic E-state index is 12.7. The first-order valence-corrected chi connectivity index (χ1v) is 8.11. The van der Waals surface area contributed by atoms with Crippen molar-refractivity contribution in [3.05, 3.63) is 34.9 Å². The number of rotatable bonds is 2. The van der Waals surface area contributed by atoms with Crippen molar-refractivity contribution in [2.24, 2.45) is 0 Å². The highest BCUT2D eigenvalue weighted by atomic mass is 16.2. The largest absolute Gasteiger partial charge is 0.325 e. The van der Waals surface area contributed by atoms with E-state index in [1.165, 1.54) is 16.7 Å². The molecule has 0 radical (unpaired) electrons. The molecule has 0 unspecified atom stereocenters. The maximum atomic E-state index is 12.7. The van der Waals surface area contributed by atoms with Gasteiger partial charge in [0.2, 0.25) is 5.91 Å². The standard InChI is InChI=1S/C18H23N3O/c1-12-5-6-13(2)16(8-12)14-9-17(20-11-14)18(22)21-7-3-4-15(21)10-19/h5-6,8,14-15,17,20H,3-4,7,9,11H2,1-2H3/t14-,15-,17-/m0/s1. The van der Waals surface area contributed by atoms with Crippen LogP contribution in [0.4, 0.5) is 0 Å². The number of nitriles is 1. The van der Waals surface area contributed by atoms with Crippen molar-refractivity contribution < 1.29 is 4.79 Å². The second-order valence-electron chi connectivity index (χ2n) is 6.57. The van der Waals surface area contributed by atoms with E-state index in [0.29, 0.717) is 5.92 Å². The number of nitrogens with one attached hydrogen (secondary N) is 1. The van der Waals surface area contributed by atoms with Crippen LogP contribution in [0.25, 0.3) is 0 Å². The van der Waals surface area contributed by atoms with Crippen molar-refractivity contribution in [1.29, 1.82) is 5.26 Å². The predicted molar refractivity (Wildman–Crippen MR) is 85.4 cm³/mol. The van der Waals surface area contributed by atoms with Gasteiger partial charge in [-0.15, -0.1) is 0 Å². The smallest absolute Gasteiger partial charge is 0.240 e. The fourth-order valence-electron chi connectivity index (χ4n) is 3.73. The molecule has 4 heteroatoms. The van der Waals surface area contributed by atoms with E-state index in [1.807, 2.05) is 0 Å². The molecule has 2 saturated heterocycles. The highest BCUT2D eigenvalue weighted by Gasteiger charge is 2.37. The van der Waals surface area contributed by atoms with Gasteiger partial charge in [0, 0.05) is 13.1 Å². The Hall–Kier alpha value is -1.86. The summed E-state index contributed by atoms with van der Waals surface area (Å²) < 4.78 is 0. The second-order valence-corrected chi connectivity index (χ2v) is 6.57. The van der Waals surface area contributed by atoms with Crippen LogP contribution in [-0.4, -0.2) is 36.0 Å². The number of carbonyl (C=O) groups is 1. The van der Waals surface area contributed by atoms with E-state index in [1.54, 1.807) is 4.90 Å². The lowest BCUT2D eigenvalue weighted by molar-refractivity contribution is -0.133. The number of aryl methyl sites for hydroxylation is 2. The summed E-state index contributed by atoms with van der Waals surface area (Å²) in [6.07, 6.45) is 2.59. The van der Waals surface area contributed by atoms with E-state index in [4.69, 9.17) is 5.26 Å². The molecule has 2 aliphatic rings. The lowest BCUT2D eigenvalue weighted by atomic mass is 9.91. The van der Waals surface area contributed by atoms with Crippen molar-refractivity contribution in [2.75, 3.05) is 13.1 Å². The van der Waals surface area contributed by atoms with Gasteiger partial charge in [-0.1, -0.05) is 23.8 Å². The molecule has 0 saturated carbocycles. The molecule has 116 valence electrons. The zero-order chi connectivity index (χ0) is 15.7. The molecule has 0 bridgehead atoms. The van der Waals surface area contributed by atoms with Gasteiger partial charge in [-0.3, -0.25) is 4.79 Å². The van der Waals surface area contributed by atoms with Crippen molar-refractivity contribution in [2.45, 2.75) is 51.1 Å². The molecule has 0 aromatic heterocycles. The van der Waals surface area contributed by atoms with E-state index in [0.717, 1.165) is 32.4 Å². The van der Waals surface area contributed by atoms with E-state index in [-0.39, 0.29) is 18.0 Å². The molecule has 2 heterocycles. The van der Waals surface area contributed by atoms with Gasteiger partial charge in [-0.25, -0.2) is 0 Å². The molecule has 2 aliphatic heterocycles. The molecular formula is C18H23N3O. The first kappa shape index (κ1) is 15.1. The predicted octanol–water partition coefficient (Wildman–Crippen LogP) is 2.26. The van der Waals surface area contributed by atoms with Crippen LogP contribution in [0.1, 0.15) is 41.9 Å². The summed E-state index contributed by atoms with van der Waals surface area (Å²) in [5.41, 5.74) is 3.90. The number of likely N-dealkylation sites (tertiary alicyclic amines) is 1. The molecule has 3 atom stereocenters. The Kier molecular flexibility index (Phi) is 4.17. The molecule has 2 fully saturated rings. The lowest BCUT2D eigenvalue weighted by Crippen LogP contribution is -2.45. The average Bonchev–Trinajstić information content (AvgIpc) is 3.17. The van der Waals surface area contributed by atoms with Gasteiger partial charge < -0.3 is 10.2 Å². The Balaban J connectivity index is 1.71. The van der Waals surface area contributed by atoms with E-state index >= 15 is 0 Å². The fourth-order valence-corrected chi connectivity index (χ4v) is 3.73. The number of hydrogen-bond acceptors (Lipinski definition) is 3. The molecule has 1 aromatic rings. The molecular weight excluding hydrogens is 274 g/mol. The van der Waals surface area contributed by atoms with Crippen molar-refractivity contribution in [3.63, 3.8) is 0 Å². The van der Waals surface area contributed by atoms with Gasteiger partial charge >= 0.3 is 0 Å². The SMILES string of the molecule is Cc1ccc(C)c([C@@H]2CN[C@H](C(=O)N3CCC[C@H]3C#N)C2)c1. The summed E-state index contributed by atoms with van der Waals surface area (Å²) in [5.74, 6) is 0.494. The Morgan fingerprint density at radius 3 is 3.00 bits per heavy atom. The van der Waals surface area contributed by atoms with Crippen LogP contribution in [0.5, 0.6) is 0 Å². The Morgan fingerprint density at radius 1 is 1.41 bits per heavy atom. The summed E-state index contributed by atoms with van der Waals surface area (Å²) >= 11 is 0. The second kappa shape index (κ2) is 6.10. The van der Waals surface area contributed by atoms with Crippen LogP contribution >= 0.6 is 0 Å². The Bertz CT molecular complexity index is 619. The van der Waals surface area contributed by atoms with Crippen molar-refractivity contribution in [3.8, 4) is 6.07 Å². The summed E-state index contributed by atoms with van der Waals surface area (Å²) in [7, 11) is 0. The molecule has 22 heavy (non-hydrogen) atoms. The van der Waals surface area contributed by atoms with Gasteiger partial charge in [0.1, 0.15) is 6.04 Å². The number of hydrogen-bond donors (Lipinski definition) is 1. The topological polar surface area (TPSA) is 56.1 Å². The third-order valence-corrected chi connectivity index (χ3v) is 4.99. The summed E-state index contributed by atoms with van der Waals surface area (Å²) in [6, 6.07) is 8.42. The van der Waals surface area contributed by atoms with Crippen LogP contribution in [0, 0.1) is 25.2 Å². The molecule has 1 amide bonds. The monoisotopic (exact) mass is 297 g/mol. The molecule has 3 rings (SSSR count). The van der Waals surface area contributed by atoms with Crippen LogP contribution in [-0.2, 0) is 4.79 Å². The first-order valence-electron chi connectivity index (χ1n) is 8.11. The summed E-state index contributed by atoms with van der Waals surface area (Å²) in [6.45, 7) is 5.81. The maximum Gasteiger partial charge on any atom is 0.240 e. The van der Waals surface area contributed by atoms with Crippen LogP contribution in [0.3, 0.4) is 0 Å². The van der Waals surface area contributed by atoms with Crippen LogP contribution in [0.15, 0.2) is 18.2 Å². The fraction of sp³-hybridized carbons (Fsp3) is 0.556. The van der Waals surface area contributed by atoms with Gasteiger partial charge in [-0.05, 0) is 50.2 Å². The van der Waals surface area contributed by atoms with Gasteiger partial charge in [0.05, 0.1) is 12.1 Å². The molecule has 1 aromatic carbocycles. The molecule has 1 N–H and O–H groups in total. The zero-order valence-corrected chi connectivity index (χ0v) is 13.3. The minimum absolute atomic E-state index is 0.108. The van der Waals surface area contributed by atoms with Crippen LogP contribution < -0.4 is 5.32 Å². The molecule has 0 aliphatic carbocycles. The quantitative estimate of drug-likeness (QED) is 0.911.